The quantitative estimate of drug-likeness (QED) is 0.653. The molecular formula is C19H22BrN3O2. The van der Waals surface area contributed by atoms with Gasteiger partial charge in [0.2, 0.25) is 5.91 Å². The molecule has 1 atom stereocenters. The molecule has 132 valence electrons. The number of hydrogen-bond acceptors (Lipinski definition) is 3. The van der Waals surface area contributed by atoms with E-state index >= 15 is 0 Å². The summed E-state index contributed by atoms with van der Waals surface area (Å²) in [4.78, 5) is 24.0. The van der Waals surface area contributed by atoms with Gasteiger partial charge in [-0.1, -0.05) is 28.9 Å². The lowest BCUT2D eigenvalue weighted by atomic mass is 10.1. The zero-order chi connectivity index (χ0) is 18.2. The van der Waals surface area contributed by atoms with E-state index in [9.17, 15) is 9.59 Å². The highest BCUT2D eigenvalue weighted by Crippen LogP contribution is 2.15. The maximum atomic E-state index is 12.0. The Bertz CT molecular complexity index is 732. The van der Waals surface area contributed by atoms with Gasteiger partial charge in [-0.2, -0.15) is 0 Å². The Kier molecular flexibility index (Phi) is 7.01. The summed E-state index contributed by atoms with van der Waals surface area (Å²) in [5.74, 6) is -0.231. The summed E-state index contributed by atoms with van der Waals surface area (Å²) < 4.78 is 0.907. The molecule has 0 aliphatic heterocycles. The van der Waals surface area contributed by atoms with Crippen molar-refractivity contribution in [2.45, 2.75) is 26.3 Å². The largest absolute Gasteiger partial charge is 0.376 e. The molecule has 0 aliphatic carbocycles. The van der Waals surface area contributed by atoms with Crippen LogP contribution in [0.4, 0.5) is 11.4 Å². The monoisotopic (exact) mass is 403 g/mol. The summed E-state index contributed by atoms with van der Waals surface area (Å²) in [5, 5.41) is 8.78. The summed E-state index contributed by atoms with van der Waals surface area (Å²) in [6, 6.07) is 14.6. The van der Waals surface area contributed by atoms with E-state index in [2.05, 4.69) is 31.9 Å². The first-order valence-electron chi connectivity index (χ1n) is 8.18. The smallest absolute Gasteiger partial charge is 0.251 e. The third-order valence-corrected chi connectivity index (χ3v) is 4.19. The second kappa shape index (κ2) is 9.22. The average molecular weight is 404 g/mol. The molecule has 2 amide bonds. The van der Waals surface area contributed by atoms with Crippen molar-refractivity contribution in [2.24, 2.45) is 0 Å². The molecule has 25 heavy (non-hydrogen) atoms. The van der Waals surface area contributed by atoms with E-state index in [1.165, 1.54) is 0 Å². The van der Waals surface area contributed by atoms with Gasteiger partial charge in [0.25, 0.3) is 5.91 Å². The number of amides is 2. The number of anilines is 2. The molecule has 0 saturated carbocycles. The van der Waals surface area contributed by atoms with Crippen LogP contribution in [0.1, 0.15) is 30.6 Å². The molecule has 0 radical (unpaired) electrons. The van der Waals surface area contributed by atoms with Gasteiger partial charge in [0.1, 0.15) is 0 Å². The van der Waals surface area contributed by atoms with Crippen molar-refractivity contribution < 1.29 is 9.59 Å². The standard InChI is InChI=1S/C19H22BrN3O2/c1-3-13(2)22-19(25)14-7-9-16(10-8-14)21-12-18(24)23-17-6-4-5-15(20)11-17/h4-11,13,21H,3,12H2,1-2H3,(H,22,25)(H,23,24). The fraction of sp³-hybridized carbons (Fsp3) is 0.263. The van der Waals surface area contributed by atoms with Crippen LogP contribution >= 0.6 is 15.9 Å². The van der Waals surface area contributed by atoms with Gasteiger partial charge in [0.05, 0.1) is 6.54 Å². The maximum Gasteiger partial charge on any atom is 0.251 e. The van der Waals surface area contributed by atoms with Gasteiger partial charge < -0.3 is 16.0 Å². The molecule has 2 aromatic rings. The van der Waals surface area contributed by atoms with Crippen molar-refractivity contribution in [3.63, 3.8) is 0 Å². The number of halogens is 1. The van der Waals surface area contributed by atoms with Crippen molar-refractivity contribution in [2.75, 3.05) is 17.2 Å². The maximum absolute atomic E-state index is 12.0. The van der Waals surface area contributed by atoms with Crippen LogP contribution in [0, 0.1) is 0 Å². The van der Waals surface area contributed by atoms with Gasteiger partial charge in [0.15, 0.2) is 0 Å². The first kappa shape index (κ1) is 19.0. The Morgan fingerprint density at radius 1 is 1.08 bits per heavy atom. The topological polar surface area (TPSA) is 70.2 Å². The van der Waals surface area contributed by atoms with Gasteiger partial charge in [-0.05, 0) is 55.8 Å². The number of carbonyl (C=O) groups is 2. The molecule has 0 fully saturated rings. The molecule has 0 aliphatic rings. The minimum Gasteiger partial charge on any atom is -0.376 e. The number of benzene rings is 2. The third kappa shape index (κ3) is 6.23. The molecule has 0 heterocycles. The highest BCUT2D eigenvalue weighted by molar-refractivity contribution is 9.10. The first-order chi connectivity index (χ1) is 12.0. The van der Waals surface area contributed by atoms with Gasteiger partial charge in [-0.3, -0.25) is 9.59 Å². The number of hydrogen-bond donors (Lipinski definition) is 3. The van der Waals surface area contributed by atoms with Crippen molar-refractivity contribution in [3.8, 4) is 0 Å². The van der Waals surface area contributed by atoms with Crippen molar-refractivity contribution in [1.82, 2.24) is 5.32 Å². The molecule has 0 saturated heterocycles. The van der Waals surface area contributed by atoms with Crippen LogP contribution in [-0.2, 0) is 4.79 Å². The Hall–Kier alpha value is -2.34. The minimum atomic E-state index is -0.142. The van der Waals surface area contributed by atoms with E-state index < -0.39 is 0 Å². The molecule has 1 unspecified atom stereocenters. The summed E-state index contributed by atoms with van der Waals surface area (Å²) in [7, 11) is 0. The summed E-state index contributed by atoms with van der Waals surface area (Å²) in [5.41, 5.74) is 2.12. The van der Waals surface area contributed by atoms with E-state index in [0.717, 1.165) is 22.3 Å². The highest BCUT2D eigenvalue weighted by atomic mass is 79.9. The van der Waals surface area contributed by atoms with Crippen molar-refractivity contribution >= 4 is 39.1 Å². The predicted octanol–water partition coefficient (Wildman–Crippen LogP) is 4.03. The van der Waals surface area contributed by atoms with Crippen molar-refractivity contribution in [3.05, 3.63) is 58.6 Å². The number of rotatable bonds is 7. The highest BCUT2D eigenvalue weighted by Gasteiger charge is 2.08. The lowest BCUT2D eigenvalue weighted by Crippen LogP contribution is -2.31. The van der Waals surface area contributed by atoms with Gasteiger partial charge >= 0.3 is 0 Å². The van der Waals surface area contributed by atoms with E-state index in [4.69, 9.17) is 0 Å². The van der Waals surface area contributed by atoms with E-state index in [1.54, 1.807) is 24.3 Å². The van der Waals surface area contributed by atoms with Crippen LogP contribution in [0.25, 0.3) is 0 Å². The van der Waals surface area contributed by atoms with Crippen molar-refractivity contribution in [1.29, 1.82) is 0 Å². The van der Waals surface area contributed by atoms with E-state index in [0.29, 0.717) is 5.56 Å². The summed E-state index contributed by atoms with van der Waals surface area (Å²) in [6.07, 6.45) is 0.887. The Labute approximate surface area is 156 Å². The predicted molar refractivity (Wildman–Crippen MR) is 105 cm³/mol. The Balaban J connectivity index is 1.84. The van der Waals surface area contributed by atoms with Crippen LogP contribution in [0.15, 0.2) is 53.0 Å². The second-order valence-corrected chi connectivity index (χ2v) is 6.69. The van der Waals surface area contributed by atoms with Crippen LogP contribution in [-0.4, -0.2) is 24.4 Å². The van der Waals surface area contributed by atoms with Gasteiger partial charge in [-0.25, -0.2) is 0 Å². The van der Waals surface area contributed by atoms with Gasteiger partial charge in [-0.15, -0.1) is 0 Å². The fourth-order valence-corrected chi connectivity index (χ4v) is 2.50. The third-order valence-electron chi connectivity index (χ3n) is 3.70. The molecule has 0 bridgehead atoms. The van der Waals surface area contributed by atoms with E-state index in [1.807, 2.05) is 38.1 Å². The Morgan fingerprint density at radius 2 is 1.80 bits per heavy atom. The average Bonchev–Trinajstić information content (AvgIpc) is 2.60. The summed E-state index contributed by atoms with van der Waals surface area (Å²) >= 11 is 3.37. The lowest BCUT2D eigenvalue weighted by Gasteiger charge is -2.12. The molecule has 2 aromatic carbocycles. The van der Waals surface area contributed by atoms with Crippen LogP contribution in [0.2, 0.25) is 0 Å². The second-order valence-electron chi connectivity index (χ2n) is 5.77. The zero-order valence-corrected chi connectivity index (χ0v) is 15.9. The Morgan fingerprint density at radius 3 is 2.44 bits per heavy atom. The molecular weight excluding hydrogens is 382 g/mol. The lowest BCUT2D eigenvalue weighted by molar-refractivity contribution is -0.114. The first-order valence-corrected chi connectivity index (χ1v) is 8.97. The molecule has 0 aromatic heterocycles. The zero-order valence-electron chi connectivity index (χ0n) is 14.3. The van der Waals surface area contributed by atoms with E-state index in [-0.39, 0.29) is 24.4 Å². The number of nitrogens with one attached hydrogen (secondary N) is 3. The van der Waals surface area contributed by atoms with Crippen LogP contribution in [0.3, 0.4) is 0 Å². The fourth-order valence-electron chi connectivity index (χ4n) is 2.10. The van der Waals surface area contributed by atoms with Crippen LogP contribution < -0.4 is 16.0 Å². The summed E-state index contributed by atoms with van der Waals surface area (Å²) in [6.45, 7) is 4.14. The molecule has 0 spiro atoms. The molecule has 3 N–H and O–H groups in total. The number of carbonyl (C=O) groups excluding carboxylic acids is 2. The molecule has 2 rings (SSSR count). The normalized spacial score (nSPS) is 11.5. The molecule has 5 nitrogen and oxygen atoms in total. The van der Waals surface area contributed by atoms with Gasteiger partial charge in [0, 0.05) is 27.5 Å². The minimum absolute atomic E-state index is 0.0895. The van der Waals surface area contributed by atoms with Crippen LogP contribution in [0.5, 0.6) is 0 Å². The molecule has 6 heteroatoms. The SMILES string of the molecule is CCC(C)NC(=O)c1ccc(NCC(=O)Nc2cccc(Br)c2)cc1.